The molecule has 0 spiro atoms. The molecule has 2 aromatic rings. The summed E-state index contributed by atoms with van der Waals surface area (Å²) >= 11 is 1.39. The summed E-state index contributed by atoms with van der Waals surface area (Å²) in [5.74, 6) is 0.135. The molecule has 0 saturated heterocycles. The Morgan fingerprint density at radius 3 is 2.77 bits per heavy atom. The van der Waals surface area contributed by atoms with E-state index in [-0.39, 0.29) is 17.7 Å². The molecule has 8 nitrogen and oxygen atoms in total. The summed E-state index contributed by atoms with van der Waals surface area (Å²) in [4.78, 5) is 30.9. The summed E-state index contributed by atoms with van der Waals surface area (Å²) in [6.07, 6.45) is 3.50. The van der Waals surface area contributed by atoms with Crippen LogP contribution < -0.4 is 9.62 Å². The van der Waals surface area contributed by atoms with E-state index < -0.39 is 16.9 Å². The van der Waals surface area contributed by atoms with Crippen molar-refractivity contribution in [3.05, 3.63) is 45.3 Å². The normalized spacial score (nSPS) is 19.3. The lowest BCUT2D eigenvalue weighted by atomic mass is 9.86. The molecule has 1 aliphatic carbocycles. The first-order chi connectivity index (χ1) is 14.9. The number of nitrogens with one attached hydrogen (secondary N) is 1. The van der Waals surface area contributed by atoms with Gasteiger partial charge in [0.2, 0.25) is 0 Å². The van der Waals surface area contributed by atoms with Crippen molar-refractivity contribution in [1.82, 2.24) is 9.71 Å². The standard InChI is InChI=1S/C21H25N5O3S2/c1-3-31(29)25-20(27)19-14(2)30-21(23-19)26(18-9-7-15(12-22)8-10-18)13-16-5-4-6-17(11-16)24-28/h7-10,16-17H,3-6,11,13H2,1-2H3,(H,25,27). The number of nitrogens with zero attached hydrogens (tertiary/aromatic N) is 4. The third-order valence-corrected chi connectivity index (χ3v) is 7.28. The fourth-order valence-electron chi connectivity index (χ4n) is 3.72. The van der Waals surface area contributed by atoms with Crippen molar-refractivity contribution < 1.29 is 9.00 Å². The predicted octanol–water partition coefficient (Wildman–Crippen LogP) is 4.20. The van der Waals surface area contributed by atoms with Crippen molar-refractivity contribution in [2.24, 2.45) is 11.1 Å². The van der Waals surface area contributed by atoms with Gasteiger partial charge >= 0.3 is 0 Å². The Kier molecular flexibility index (Phi) is 7.87. The molecule has 31 heavy (non-hydrogen) atoms. The minimum Gasteiger partial charge on any atom is -0.318 e. The Morgan fingerprint density at radius 1 is 1.39 bits per heavy atom. The minimum absolute atomic E-state index is 0.162. The molecule has 1 amide bonds. The van der Waals surface area contributed by atoms with E-state index in [0.717, 1.165) is 36.2 Å². The average Bonchev–Trinajstić information content (AvgIpc) is 3.19. The van der Waals surface area contributed by atoms with Gasteiger partial charge in [0.05, 0.1) is 17.7 Å². The van der Waals surface area contributed by atoms with Crippen LogP contribution in [-0.4, -0.2) is 33.4 Å². The van der Waals surface area contributed by atoms with Crippen LogP contribution in [0.1, 0.15) is 53.5 Å². The Labute approximate surface area is 188 Å². The van der Waals surface area contributed by atoms with E-state index in [1.807, 2.05) is 24.0 Å². The largest absolute Gasteiger partial charge is 0.318 e. The molecule has 1 aromatic carbocycles. The molecule has 1 saturated carbocycles. The summed E-state index contributed by atoms with van der Waals surface area (Å²) < 4.78 is 14.2. The number of aryl methyl sites for hydroxylation is 1. The third kappa shape index (κ3) is 5.74. The Balaban J connectivity index is 1.91. The number of hydrogen-bond donors (Lipinski definition) is 1. The summed E-state index contributed by atoms with van der Waals surface area (Å²) in [6, 6.07) is 9.17. The number of hydrogen-bond acceptors (Lipinski definition) is 8. The number of anilines is 2. The summed E-state index contributed by atoms with van der Waals surface area (Å²) in [5, 5.41) is 13.0. The topological polar surface area (TPSA) is 116 Å². The number of amides is 1. The zero-order valence-corrected chi connectivity index (χ0v) is 19.2. The summed E-state index contributed by atoms with van der Waals surface area (Å²) in [5.41, 5.74) is 1.68. The van der Waals surface area contributed by atoms with Gasteiger partial charge in [0.25, 0.3) is 5.91 Å². The molecule has 0 aliphatic heterocycles. The zero-order valence-electron chi connectivity index (χ0n) is 17.5. The van der Waals surface area contributed by atoms with Crippen LogP contribution in [0.25, 0.3) is 0 Å². The summed E-state index contributed by atoms with van der Waals surface area (Å²) in [6.45, 7) is 4.18. The van der Waals surface area contributed by atoms with E-state index in [4.69, 9.17) is 5.26 Å². The van der Waals surface area contributed by atoms with Crippen molar-refractivity contribution in [3.8, 4) is 6.07 Å². The van der Waals surface area contributed by atoms with E-state index in [1.54, 1.807) is 19.1 Å². The second-order valence-electron chi connectivity index (χ2n) is 7.53. The van der Waals surface area contributed by atoms with E-state index in [2.05, 4.69) is 21.0 Å². The number of rotatable bonds is 8. The van der Waals surface area contributed by atoms with Gasteiger partial charge in [-0.2, -0.15) is 10.2 Å². The number of thiazole rings is 1. The first-order valence-corrected chi connectivity index (χ1v) is 12.4. The Bertz CT molecular complexity index is 999. The van der Waals surface area contributed by atoms with Crippen LogP contribution in [-0.2, 0) is 11.0 Å². The van der Waals surface area contributed by atoms with Crippen LogP contribution in [0.4, 0.5) is 10.8 Å². The van der Waals surface area contributed by atoms with Crippen LogP contribution in [0.15, 0.2) is 29.4 Å². The average molecular weight is 460 g/mol. The molecule has 1 fully saturated rings. The maximum absolute atomic E-state index is 12.5. The quantitative estimate of drug-likeness (QED) is 0.592. The molecule has 164 valence electrons. The number of nitriles is 1. The molecule has 1 aromatic heterocycles. The second kappa shape index (κ2) is 10.6. The molecule has 1 heterocycles. The highest BCUT2D eigenvalue weighted by Crippen LogP contribution is 2.35. The van der Waals surface area contributed by atoms with Crippen LogP contribution in [0.5, 0.6) is 0 Å². The van der Waals surface area contributed by atoms with Gasteiger partial charge in [-0.15, -0.1) is 11.3 Å². The van der Waals surface area contributed by atoms with Crippen molar-refractivity contribution in [2.45, 2.75) is 45.6 Å². The molecule has 0 radical (unpaired) electrons. The van der Waals surface area contributed by atoms with Crippen molar-refractivity contribution in [2.75, 3.05) is 17.2 Å². The van der Waals surface area contributed by atoms with Gasteiger partial charge in [-0.1, -0.05) is 18.5 Å². The monoisotopic (exact) mass is 459 g/mol. The molecule has 3 unspecified atom stereocenters. The van der Waals surface area contributed by atoms with E-state index in [0.29, 0.717) is 23.0 Å². The minimum atomic E-state index is -1.44. The maximum Gasteiger partial charge on any atom is 0.282 e. The molecule has 1 N–H and O–H groups in total. The van der Waals surface area contributed by atoms with Crippen LogP contribution >= 0.6 is 11.3 Å². The van der Waals surface area contributed by atoms with E-state index in [1.165, 1.54) is 11.3 Å². The molecule has 0 bridgehead atoms. The lowest BCUT2D eigenvalue weighted by Crippen LogP contribution is -2.30. The fourth-order valence-corrected chi connectivity index (χ4v) is 5.11. The van der Waals surface area contributed by atoms with Gasteiger partial charge in [-0.3, -0.25) is 9.52 Å². The zero-order chi connectivity index (χ0) is 22.4. The molecule has 1 aliphatic rings. The predicted molar refractivity (Wildman–Crippen MR) is 123 cm³/mol. The van der Waals surface area contributed by atoms with E-state index >= 15 is 0 Å². The highest BCUT2D eigenvalue weighted by Gasteiger charge is 2.27. The number of nitroso groups, excluding NO2 is 1. The highest BCUT2D eigenvalue weighted by molar-refractivity contribution is 7.83. The molecular formula is C21H25N5O3S2. The smallest absolute Gasteiger partial charge is 0.282 e. The SMILES string of the molecule is CCS(=O)NC(=O)c1nc(N(CC2CCCC(N=O)C2)c2ccc(C#N)cc2)sc1C. The first-order valence-electron chi connectivity index (χ1n) is 10.2. The summed E-state index contributed by atoms with van der Waals surface area (Å²) in [7, 11) is -1.44. The van der Waals surface area contributed by atoms with Gasteiger partial charge < -0.3 is 4.90 Å². The van der Waals surface area contributed by atoms with Crippen molar-refractivity contribution >= 4 is 39.0 Å². The first kappa shape index (κ1) is 23.0. The number of benzene rings is 1. The molecule has 3 atom stereocenters. The number of carbonyl (C=O) groups is 1. The second-order valence-corrected chi connectivity index (χ2v) is 10.2. The van der Waals surface area contributed by atoms with Crippen LogP contribution in [0.2, 0.25) is 0 Å². The van der Waals surface area contributed by atoms with E-state index in [9.17, 15) is 13.9 Å². The Morgan fingerprint density at radius 2 is 2.13 bits per heavy atom. The lowest BCUT2D eigenvalue weighted by Gasteiger charge is -2.31. The van der Waals surface area contributed by atoms with Crippen molar-refractivity contribution in [3.63, 3.8) is 0 Å². The van der Waals surface area contributed by atoms with Crippen LogP contribution in [0, 0.1) is 29.1 Å². The van der Waals surface area contributed by atoms with Crippen molar-refractivity contribution in [1.29, 1.82) is 5.26 Å². The lowest BCUT2D eigenvalue weighted by molar-refractivity contribution is 0.0978. The van der Waals surface area contributed by atoms with Gasteiger partial charge in [0.15, 0.2) is 5.13 Å². The fraction of sp³-hybridized carbons (Fsp3) is 0.476. The molecular weight excluding hydrogens is 434 g/mol. The molecule has 3 rings (SSSR count). The Hall–Kier alpha value is -2.64. The third-order valence-electron chi connectivity index (χ3n) is 5.35. The number of carbonyl (C=O) groups excluding carboxylic acids is 1. The van der Waals surface area contributed by atoms with Crippen LogP contribution in [0.3, 0.4) is 0 Å². The maximum atomic E-state index is 12.5. The van der Waals surface area contributed by atoms with Gasteiger partial charge in [-0.05, 0) is 56.4 Å². The highest BCUT2D eigenvalue weighted by atomic mass is 32.2. The number of aromatic nitrogens is 1. The van der Waals surface area contributed by atoms with Gasteiger partial charge in [0, 0.05) is 22.9 Å². The van der Waals surface area contributed by atoms with Gasteiger partial charge in [0.1, 0.15) is 16.7 Å². The molecule has 10 heteroatoms. The van der Waals surface area contributed by atoms with Gasteiger partial charge in [-0.25, -0.2) is 9.19 Å².